The Morgan fingerprint density at radius 2 is 2.20 bits per heavy atom. The fourth-order valence-electron chi connectivity index (χ4n) is 1.70. The first-order chi connectivity index (χ1) is 7.29. The summed E-state index contributed by atoms with van der Waals surface area (Å²) in [4.78, 5) is 17.8. The lowest BCUT2D eigenvalue weighted by molar-refractivity contribution is 0.101. The maximum Gasteiger partial charge on any atom is 0.163 e. The van der Waals surface area contributed by atoms with Gasteiger partial charge in [0, 0.05) is 19.3 Å². The molecule has 0 radical (unpaired) electrons. The lowest BCUT2D eigenvalue weighted by Gasteiger charge is -2.28. The van der Waals surface area contributed by atoms with Crippen molar-refractivity contribution in [1.82, 2.24) is 4.98 Å². The highest BCUT2D eigenvalue weighted by Gasteiger charge is 2.17. The Hall–Kier alpha value is -1.42. The monoisotopic (exact) mass is 206 g/mol. The van der Waals surface area contributed by atoms with Crippen LogP contribution in [0, 0.1) is 0 Å². The Morgan fingerprint density at radius 1 is 1.47 bits per heavy atom. The molecule has 0 spiro atoms. The van der Waals surface area contributed by atoms with Crippen molar-refractivity contribution in [2.75, 3.05) is 31.2 Å². The van der Waals surface area contributed by atoms with Gasteiger partial charge in [-0.3, -0.25) is 4.79 Å². The Kier molecular flexibility index (Phi) is 2.97. The molecule has 0 bridgehead atoms. The summed E-state index contributed by atoms with van der Waals surface area (Å²) in [6.45, 7) is 4.58. The second-order valence-corrected chi connectivity index (χ2v) is 3.53. The average molecular weight is 206 g/mol. The summed E-state index contributed by atoms with van der Waals surface area (Å²) >= 11 is 0. The summed E-state index contributed by atoms with van der Waals surface area (Å²) in [7, 11) is 0. The van der Waals surface area contributed by atoms with E-state index < -0.39 is 0 Å². The molecule has 2 rings (SSSR count). The fraction of sp³-hybridized carbons (Fsp3) is 0.455. The van der Waals surface area contributed by atoms with E-state index in [0.29, 0.717) is 18.8 Å². The van der Waals surface area contributed by atoms with Crippen LogP contribution in [0.15, 0.2) is 18.3 Å². The van der Waals surface area contributed by atoms with Gasteiger partial charge in [-0.1, -0.05) is 0 Å². The van der Waals surface area contributed by atoms with Gasteiger partial charge in [-0.2, -0.15) is 0 Å². The van der Waals surface area contributed by atoms with Crippen LogP contribution in [0.25, 0.3) is 0 Å². The zero-order valence-electron chi connectivity index (χ0n) is 8.77. The maximum atomic E-state index is 11.4. The molecule has 1 saturated heterocycles. The molecule has 0 saturated carbocycles. The molecule has 4 heteroatoms. The van der Waals surface area contributed by atoms with E-state index in [1.54, 1.807) is 19.2 Å². The number of carbonyl (C=O) groups excluding carboxylic acids is 1. The molecule has 2 heterocycles. The Bertz CT molecular complexity index is 359. The van der Waals surface area contributed by atoms with E-state index in [4.69, 9.17) is 4.74 Å². The predicted octanol–water partition coefficient (Wildman–Crippen LogP) is 1.12. The van der Waals surface area contributed by atoms with E-state index in [0.717, 1.165) is 18.9 Å². The zero-order chi connectivity index (χ0) is 10.7. The SMILES string of the molecule is CC(=O)c1cccnc1N1CCOCC1. The van der Waals surface area contributed by atoms with Crippen LogP contribution in [-0.2, 0) is 4.74 Å². The minimum Gasteiger partial charge on any atom is -0.378 e. The lowest BCUT2D eigenvalue weighted by Crippen LogP contribution is -2.37. The Balaban J connectivity index is 2.29. The molecule has 15 heavy (non-hydrogen) atoms. The third-order valence-electron chi connectivity index (χ3n) is 2.48. The highest BCUT2D eigenvalue weighted by Crippen LogP contribution is 2.18. The summed E-state index contributed by atoms with van der Waals surface area (Å²) < 4.78 is 5.27. The van der Waals surface area contributed by atoms with Crippen LogP contribution in [0.4, 0.5) is 5.82 Å². The summed E-state index contributed by atoms with van der Waals surface area (Å²) in [5.74, 6) is 0.845. The van der Waals surface area contributed by atoms with Gasteiger partial charge in [-0.15, -0.1) is 0 Å². The van der Waals surface area contributed by atoms with Gasteiger partial charge in [0.15, 0.2) is 5.78 Å². The van der Waals surface area contributed by atoms with Gasteiger partial charge >= 0.3 is 0 Å². The van der Waals surface area contributed by atoms with Crippen molar-refractivity contribution >= 4 is 11.6 Å². The summed E-state index contributed by atoms with van der Waals surface area (Å²) in [5.41, 5.74) is 0.694. The smallest absolute Gasteiger partial charge is 0.163 e. The van der Waals surface area contributed by atoms with E-state index in [9.17, 15) is 4.79 Å². The molecule has 0 aromatic carbocycles. The first-order valence-electron chi connectivity index (χ1n) is 5.07. The van der Waals surface area contributed by atoms with Gasteiger partial charge in [-0.25, -0.2) is 4.98 Å². The minimum atomic E-state index is 0.0598. The molecule has 0 aliphatic carbocycles. The van der Waals surface area contributed by atoms with E-state index in [1.165, 1.54) is 0 Å². The maximum absolute atomic E-state index is 11.4. The number of morpholine rings is 1. The second-order valence-electron chi connectivity index (χ2n) is 3.53. The van der Waals surface area contributed by atoms with E-state index in [2.05, 4.69) is 9.88 Å². The predicted molar refractivity (Wildman–Crippen MR) is 57.3 cm³/mol. The number of pyridine rings is 1. The van der Waals surface area contributed by atoms with Crippen molar-refractivity contribution in [3.63, 3.8) is 0 Å². The highest BCUT2D eigenvalue weighted by molar-refractivity contribution is 5.98. The highest BCUT2D eigenvalue weighted by atomic mass is 16.5. The zero-order valence-corrected chi connectivity index (χ0v) is 8.77. The summed E-state index contributed by atoms with van der Waals surface area (Å²) in [6.07, 6.45) is 1.72. The number of aromatic nitrogens is 1. The van der Waals surface area contributed by atoms with Gasteiger partial charge in [-0.05, 0) is 19.1 Å². The van der Waals surface area contributed by atoms with Crippen LogP contribution < -0.4 is 4.90 Å². The molecule has 4 nitrogen and oxygen atoms in total. The van der Waals surface area contributed by atoms with Crippen LogP contribution in [0.3, 0.4) is 0 Å². The molecule has 1 aliphatic rings. The fourth-order valence-corrected chi connectivity index (χ4v) is 1.70. The quantitative estimate of drug-likeness (QED) is 0.680. The first kappa shape index (κ1) is 10.1. The third kappa shape index (κ3) is 2.15. The molecule has 1 fully saturated rings. The van der Waals surface area contributed by atoms with Gasteiger partial charge in [0.25, 0.3) is 0 Å². The largest absolute Gasteiger partial charge is 0.378 e. The molecule has 80 valence electrons. The first-order valence-corrected chi connectivity index (χ1v) is 5.07. The van der Waals surface area contributed by atoms with Crippen molar-refractivity contribution in [3.8, 4) is 0 Å². The molecule has 0 unspecified atom stereocenters. The molecule has 1 aromatic heterocycles. The van der Waals surface area contributed by atoms with Crippen molar-refractivity contribution in [3.05, 3.63) is 23.9 Å². The Morgan fingerprint density at radius 3 is 2.87 bits per heavy atom. The number of carbonyl (C=O) groups is 1. The van der Waals surface area contributed by atoms with E-state index >= 15 is 0 Å². The number of ketones is 1. The van der Waals surface area contributed by atoms with Gasteiger partial charge in [0.05, 0.1) is 18.8 Å². The standard InChI is InChI=1S/C11H14N2O2/c1-9(14)10-3-2-4-12-11(10)13-5-7-15-8-6-13/h2-4H,5-8H2,1H3. The molecule has 0 amide bonds. The Labute approximate surface area is 88.9 Å². The number of hydrogen-bond acceptors (Lipinski definition) is 4. The number of Topliss-reactive ketones (excluding diaryl/α,β-unsaturated/α-hetero) is 1. The molecule has 1 aliphatic heterocycles. The molecular formula is C11H14N2O2. The minimum absolute atomic E-state index is 0.0598. The van der Waals surface area contributed by atoms with Crippen molar-refractivity contribution in [1.29, 1.82) is 0 Å². The van der Waals surface area contributed by atoms with Crippen molar-refractivity contribution < 1.29 is 9.53 Å². The van der Waals surface area contributed by atoms with Gasteiger partial charge in [0.2, 0.25) is 0 Å². The van der Waals surface area contributed by atoms with Gasteiger partial charge in [0.1, 0.15) is 5.82 Å². The lowest BCUT2D eigenvalue weighted by atomic mass is 10.1. The normalized spacial score (nSPS) is 16.5. The number of ether oxygens (including phenoxy) is 1. The summed E-state index contributed by atoms with van der Waals surface area (Å²) in [5, 5.41) is 0. The summed E-state index contributed by atoms with van der Waals surface area (Å²) in [6, 6.07) is 3.61. The number of anilines is 1. The van der Waals surface area contributed by atoms with Crippen LogP contribution in [0.1, 0.15) is 17.3 Å². The number of hydrogen-bond donors (Lipinski definition) is 0. The number of nitrogens with zero attached hydrogens (tertiary/aromatic N) is 2. The molecular weight excluding hydrogens is 192 g/mol. The van der Waals surface area contributed by atoms with Crippen molar-refractivity contribution in [2.24, 2.45) is 0 Å². The van der Waals surface area contributed by atoms with Gasteiger partial charge < -0.3 is 9.64 Å². The van der Waals surface area contributed by atoms with Crippen molar-refractivity contribution in [2.45, 2.75) is 6.92 Å². The van der Waals surface area contributed by atoms with Crippen LogP contribution in [-0.4, -0.2) is 37.1 Å². The second kappa shape index (κ2) is 4.40. The third-order valence-corrected chi connectivity index (χ3v) is 2.48. The van der Waals surface area contributed by atoms with Crippen LogP contribution in [0.5, 0.6) is 0 Å². The van der Waals surface area contributed by atoms with Crippen LogP contribution in [0.2, 0.25) is 0 Å². The average Bonchev–Trinajstić information content (AvgIpc) is 2.30. The van der Waals surface area contributed by atoms with E-state index in [-0.39, 0.29) is 5.78 Å². The number of rotatable bonds is 2. The molecule has 1 aromatic rings. The van der Waals surface area contributed by atoms with E-state index in [1.807, 2.05) is 6.07 Å². The molecule has 0 atom stereocenters. The van der Waals surface area contributed by atoms with Crippen LogP contribution >= 0.6 is 0 Å². The molecule has 0 N–H and O–H groups in total. The topological polar surface area (TPSA) is 42.4 Å².